The first-order chi connectivity index (χ1) is 9.88. The van der Waals surface area contributed by atoms with Crippen LogP contribution >= 0.6 is 0 Å². The molecular formula is C18H31N3. The number of nitrogens with one attached hydrogen (secondary N) is 1. The van der Waals surface area contributed by atoms with Crippen molar-refractivity contribution in [3.8, 4) is 0 Å². The van der Waals surface area contributed by atoms with Gasteiger partial charge in [0.1, 0.15) is 0 Å². The highest BCUT2D eigenvalue weighted by Gasteiger charge is 2.31. The van der Waals surface area contributed by atoms with E-state index in [2.05, 4.69) is 75.1 Å². The average molecular weight is 289 g/mol. The molecule has 0 aromatic heterocycles. The van der Waals surface area contributed by atoms with Crippen molar-refractivity contribution in [2.24, 2.45) is 5.92 Å². The molecule has 2 rings (SSSR count). The van der Waals surface area contributed by atoms with Crippen molar-refractivity contribution in [2.75, 3.05) is 32.1 Å². The summed E-state index contributed by atoms with van der Waals surface area (Å²) in [6.07, 6.45) is 0. The minimum Gasteiger partial charge on any atom is -0.369 e. The van der Waals surface area contributed by atoms with E-state index >= 15 is 0 Å². The molecule has 1 N–H and O–H groups in total. The van der Waals surface area contributed by atoms with E-state index in [1.807, 2.05) is 0 Å². The van der Waals surface area contributed by atoms with E-state index in [9.17, 15) is 0 Å². The summed E-state index contributed by atoms with van der Waals surface area (Å²) in [5, 5.41) is 3.56. The molecule has 1 fully saturated rings. The summed E-state index contributed by atoms with van der Waals surface area (Å²) in [4.78, 5) is 4.93. The fourth-order valence-electron chi connectivity index (χ4n) is 3.30. The Balaban J connectivity index is 2.19. The van der Waals surface area contributed by atoms with Gasteiger partial charge in [0.05, 0.1) is 0 Å². The van der Waals surface area contributed by atoms with E-state index in [-0.39, 0.29) is 0 Å². The molecule has 0 spiro atoms. The van der Waals surface area contributed by atoms with Crippen LogP contribution in [0.3, 0.4) is 0 Å². The zero-order valence-electron chi connectivity index (χ0n) is 14.5. The second-order valence-electron chi connectivity index (χ2n) is 7.08. The van der Waals surface area contributed by atoms with Crippen molar-refractivity contribution in [1.29, 1.82) is 0 Å². The monoisotopic (exact) mass is 289 g/mol. The van der Waals surface area contributed by atoms with Crippen LogP contribution in [-0.4, -0.2) is 44.2 Å². The third kappa shape index (κ3) is 3.98. The van der Waals surface area contributed by atoms with Crippen LogP contribution in [0.25, 0.3) is 0 Å². The van der Waals surface area contributed by atoms with Crippen LogP contribution in [0.1, 0.15) is 31.9 Å². The highest BCUT2D eigenvalue weighted by Crippen LogP contribution is 2.29. The zero-order chi connectivity index (χ0) is 15.6. The number of hydrogen-bond donors (Lipinski definition) is 1. The van der Waals surface area contributed by atoms with Crippen molar-refractivity contribution in [3.63, 3.8) is 0 Å². The van der Waals surface area contributed by atoms with Crippen molar-refractivity contribution in [1.82, 2.24) is 10.2 Å². The van der Waals surface area contributed by atoms with E-state index in [1.165, 1.54) is 16.8 Å². The van der Waals surface area contributed by atoms with E-state index in [4.69, 9.17) is 0 Å². The SMILES string of the molecule is Cc1ccc(N2CC(C)C(N(C)C)C2)c(CNC(C)C)c1. The van der Waals surface area contributed by atoms with Gasteiger partial charge >= 0.3 is 0 Å². The van der Waals surface area contributed by atoms with Gasteiger partial charge in [0, 0.05) is 37.4 Å². The minimum atomic E-state index is 0.519. The third-order valence-corrected chi connectivity index (χ3v) is 4.51. The highest BCUT2D eigenvalue weighted by atomic mass is 15.2. The lowest BCUT2D eigenvalue weighted by Gasteiger charge is -2.25. The molecule has 0 bridgehead atoms. The van der Waals surface area contributed by atoms with Crippen molar-refractivity contribution < 1.29 is 0 Å². The largest absolute Gasteiger partial charge is 0.369 e. The van der Waals surface area contributed by atoms with Crippen LogP contribution < -0.4 is 10.2 Å². The molecule has 3 nitrogen and oxygen atoms in total. The molecule has 1 aromatic rings. The molecule has 118 valence electrons. The maximum Gasteiger partial charge on any atom is 0.0412 e. The topological polar surface area (TPSA) is 18.5 Å². The predicted molar refractivity (Wildman–Crippen MR) is 92.0 cm³/mol. The maximum atomic E-state index is 3.56. The summed E-state index contributed by atoms with van der Waals surface area (Å²) >= 11 is 0. The summed E-state index contributed by atoms with van der Waals surface area (Å²) in [5.41, 5.74) is 4.18. The molecule has 0 amide bonds. The van der Waals surface area contributed by atoms with E-state index in [0.717, 1.165) is 19.6 Å². The van der Waals surface area contributed by atoms with E-state index < -0.39 is 0 Å². The standard InChI is InChI=1S/C18H31N3/c1-13(2)19-10-16-9-14(3)7-8-17(16)21-11-15(4)18(12-21)20(5)6/h7-9,13,15,18-19H,10-12H2,1-6H3. The zero-order valence-corrected chi connectivity index (χ0v) is 14.5. The summed E-state index contributed by atoms with van der Waals surface area (Å²) < 4.78 is 0. The normalized spacial score (nSPS) is 22.6. The Morgan fingerprint density at radius 1 is 1.29 bits per heavy atom. The number of likely N-dealkylation sites (N-methyl/N-ethyl adjacent to an activating group) is 1. The Labute approximate surface area is 130 Å². The van der Waals surface area contributed by atoms with Crippen molar-refractivity contribution >= 4 is 5.69 Å². The molecular weight excluding hydrogens is 258 g/mol. The van der Waals surface area contributed by atoms with Crippen LogP contribution in [0.15, 0.2) is 18.2 Å². The van der Waals surface area contributed by atoms with Gasteiger partial charge in [-0.1, -0.05) is 38.5 Å². The molecule has 1 aromatic carbocycles. The first-order valence-corrected chi connectivity index (χ1v) is 8.12. The van der Waals surface area contributed by atoms with Gasteiger partial charge in [0.15, 0.2) is 0 Å². The number of hydrogen-bond acceptors (Lipinski definition) is 3. The van der Waals surface area contributed by atoms with Gasteiger partial charge in [-0.2, -0.15) is 0 Å². The van der Waals surface area contributed by atoms with Gasteiger partial charge in [-0.25, -0.2) is 0 Å². The number of rotatable bonds is 5. The summed E-state index contributed by atoms with van der Waals surface area (Å²) in [5.74, 6) is 0.715. The van der Waals surface area contributed by atoms with Crippen molar-refractivity contribution in [3.05, 3.63) is 29.3 Å². The molecule has 3 heteroatoms. The molecule has 1 aliphatic heterocycles. The molecule has 1 aliphatic rings. The van der Waals surface area contributed by atoms with E-state index in [0.29, 0.717) is 18.0 Å². The summed E-state index contributed by atoms with van der Waals surface area (Å²) in [6, 6.07) is 8.04. The molecule has 2 unspecified atom stereocenters. The number of benzene rings is 1. The molecule has 0 aliphatic carbocycles. The first kappa shape index (κ1) is 16.3. The number of anilines is 1. The smallest absolute Gasteiger partial charge is 0.0412 e. The molecule has 1 saturated heterocycles. The Morgan fingerprint density at radius 2 is 2.00 bits per heavy atom. The molecule has 0 radical (unpaired) electrons. The number of aryl methyl sites for hydroxylation is 1. The Hall–Kier alpha value is -1.06. The van der Waals surface area contributed by atoms with E-state index in [1.54, 1.807) is 0 Å². The van der Waals surface area contributed by atoms with Crippen LogP contribution in [0, 0.1) is 12.8 Å². The van der Waals surface area contributed by atoms with Gasteiger partial charge in [-0.05, 0) is 38.6 Å². The molecule has 21 heavy (non-hydrogen) atoms. The third-order valence-electron chi connectivity index (χ3n) is 4.51. The Morgan fingerprint density at radius 3 is 2.57 bits per heavy atom. The lowest BCUT2D eigenvalue weighted by molar-refractivity contribution is 0.266. The van der Waals surface area contributed by atoms with Crippen molar-refractivity contribution in [2.45, 2.75) is 46.3 Å². The molecule has 2 atom stereocenters. The quantitative estimate of drug-likeness (QED) is 0.899. The fourth-order valence-corrected chi connectivity index (χ4v) is 3.30. The average Bonchev–Trinajstić information content (AvgIpc) is 2.78. The Bertz CT molecular complexity index is 468. The molecule has 1 heterocycles. The second-order valence-corrected chi connectivity index (χ2v) is 7.08. The summed E-state index contributed by atoms with van der Waals surface area (Å²) in [6.45, 7) is 12.2. The lowest BCUT2D eigenvalue weighted by Crippen LogP contribution is -2.34. The number of nitrogens with zero attached hydrogens (tertiary/aromatic N) is 2. The maximum absolute atomic E-state index is 3.56. The lowest BCUT2D eigenvalue weighted by atomic mass is 10.1. The second kappa shape index (κ2) is 6.80. The minimum absolute atomic E-state index is 0.519. The van der Waals surface area contributed by atoms with Gasteiger partial charge in [0.25, 0.3) is 0 Å². The first-order valence-electron chi connectivity index (χ1n) is 8.12. The van der Waals surface area contributed by atoms with Crippen LogP contribution in [0.4, 0.5) is 5.69 Å². The van der Waals surface area contributed by atoms with Gasteiger partial charge < -0.3 is 15.1 Å². The fraction of sp³-hybridized carbons (Fsp3) is 0.667. The molecule has 0 saturated carbocycles. The van der Waals surface area contributed by atoms with Crippen LogP contribution in [0.5, 0.6) is 0 Å². The Kier molecular flexibility index (Phi) is 5.28. The van der Waals surface area contributed by atoms with Gasteiger partial charge in [-0.3, -0.25) is 0 Å². The van der Waals surface area contributed by atoms with Crippen LogP contribution in [0.2, 0.25) is 0 Å². The van der Waals surface area contributed by atoms with Gasteiger partial charge in [0.2, 0.25) is 0 Å². The van der Waals surface area contributed by atoms with Crippen LogP contribution in [-0.2, 0) is 6.54 Å². The summed E-state index contributed by atoms with van der Waals surface area (Å²) in [7, 11) is 4.39. The predicted octanol–water partition coefficient (Wildman–Crippen LogP) is 2.88. The van der Waals surface area contributed by atoms with Gasteiger partial charge in [-0.15, -0.1) is 0 Å². The highest BCUT2D eigenvalue weighted by molar-refractivity contribution is 5.56.